The van der Waals surface area contributed by atoms with Gasteiger partial charge in [-0.3, -0.25) is 14.4 Å². The highest BCUT2D eigenvalue weighted by molar-refractivity contribution is 5.99. The van der Waals surface area contributed by atoms with Gasteiger partial charge in [-0.25, -0.2) is 0 Å². The van der Waals surface area contributed by atoms with Crippen LogP contribution in [0.2, 0.25) is 0 Å². The third-order valence-electron chi connectivity index (χ3n) is 7.27. The lowest BCUT2D eigenvalue weighted by molar-refractivity contribution is -0.122. The molecule has 3 aliphatic rings. The minimum absolute atomic E-state index is 0.00691. The monoisotopic (exact) mass is 445 g/mol. The van der Waals surface area contributed by atoms with Gasteiger partial charge in [0.2, 0.25) is 11.8 Å². The van der Waals surface area contributed by atoms with Crippen molar-refractivity contribution in [3.63, 3.8) is 0 Å². The largest absolute Gasteiger partial charge is 0.351 e. The number of nitrogens with zero attached hydrogens (tertiary/aromatic N) is 2. The lowest BCUT2D eigenvalue weighted by Crippen LogP contribution is -2.49. The van der Waals surface area contributed by atoms with Gasteiger partial charge in [0.25, 0.3) is 5.91 Å². The maximum absolute atomic E-state index is 13.9. The fourth-order valence-corrected chi connectivity index (χ4v) is 5.70. The molecule has 3 heterocycles. The molecule has 2 aromatic rings. The van der Waals surface area contributed by atoms with Crippen LogP contribution in [0.15, 0.2) is 54.6 Å². The molecule has 0 spiro atoms. The van der Waals surface area contributed by atoms with Crippen molar-refractivity contribution in [3.8, 4) is 0 Å². The van der Waals surface area contributed by atoms with Crippen LogP contribution < -0.4 is 10.2 Å². The van der Waals surface area contributed by atoms with E-state index in [1.807, 2.05) is 47.4 Å². The number of amides is 3. The average Bonchev–Trinajstić information content (AvgIpc) is 3.38. The predicted octanol–water partition coefficient (Wildman–Crippen LogP) is 3.70. The summed E-state index contributed by atoms with van der Waals surface area (Å²) in [6, 6.07) is 17.7. The molecule has 0 radical (unpaired) electrons. The van der Waals surface area contributed by atoms with Crippen molar-refractivity contribution in [2.75, 3.05) is 11.4 Å². The molecule has 1 N–H and O–H groups in total. The second-order valence-electron chi connectivity index (χ2n) is 9.48. The second kappa shape index (κ2) is 9.38. The summed E-state index contributed by atoms with van der Waals surface area (Å²) < 4.78 is 0. The van der Waals surface area contributed by atoms with Gasteiger partial charge < -0.3 is 15.1 Å². The number of fused-ring (bicyclic) bond motifs is 1. The Morgan fingerprint density at radius 2 is 1.82 bits per heavy atom. The van der Waals surface area contributed by atoms with Crippen LogP contribution in [0.5, 0.6) is 0 Å². The fraction of sp³-hybridized carbons (Fsp3) is 0.444. The van der Waals surface area contributed by atoms with Crippen molar-refractivity contribution in [2.24, 2.45) is 0 Å². The van der Waals surface area contributed by atoms with Gasteiger partial charge in [0.05, 0.1) is 12.1 Å². The third-order valence-corrected chi connectivity index (χ3v) is 7.27. The van der Waals surface area contributed by atoms with Crippen LogP contribution in [0.25, 0.3) is 0 Å². The molecule has 6 nitrogen and oxygen atoms in total. The Morgan fingerprint density at radius 3 is 2.61 bits per heavy atom. The van der Waals surface area contributed by atoms with E-state index in [0.717, 1.165) is 44.2 Å². The molecule has 3 atom stereocenters. The van der Waals surface area contributed by atoms with E-state index in [2.05, 4.69) is 17.4 Å². The Morgan fingerprint density at radius 1 is 0.970 bits per heavy atom. The molecule has 6 heteroatoms. The summed E-state index contributed by atoms with van der Waals surface area (Å²) in [6.07, 6.45) is 6.20. The molecular weight excluding hydrogens is 414 g/mol. The van der Waals surface area contributed by atoms with Crippen LogP contribution in [0, 0.1) is 0 Å². The van der Waals surface area contributed by atoms with E-state index in [4.69, 9.17) is 0 Å². The fourth-order valence-electron chi connectivity index (χ4n) is 5.70. The molecule has 3 amide bonds. The van der Waals surface area contributed by atoms with E-state index in [-0.39, 0.29) is 35.8 Å². The molecule has 3 aliphatic heterocycles. The Kier molecular flexibility index (Phi) is 6.16. The lowest BCUT2D eigenvalue weighted by atomic mass is 9.97. The SMILES string of the molecule is O=C1CCCC[C@@H]2[C@H](C[C@@H](Cc3ccccc3)N2C(=O)c2cccc(N3CCCC3=O)c2)N1. The maximum atomic E-state index is 13.9. The number of likely N-dealkylation sites (tertiary alicyclic amines) is 1. The standard InChI is InChI=1S/C27H31N3O3/c31-25-13-5-4-12-24-23(28-25)18-22(16-19-8-2-1-3-9-19)30(24)27(33)20-10-6-11-21(17-20)29-15-7-14-26(29)32/h1-3,6,8-11,17,22-24H,4-5,7,12-16,18H2,(H,28,31)/t22-,23+,24-/m1/s1. The van der Waals surface area contributed by atoms with Gasteiger partial charge in [-0.2, -0.15) is 0 Å². The summed E-state index contributed by atoms with van der Waals surface area (Å²) in [5.41, 5.74) is 2.60. The van der Waals surface area contributed by atoms with Crippen LogP contribution in [0.4, 0.5) is 5.69 Å². The summed E-state index contributed by atoms with van der Waals surface area (Å²) >= 11 is 0. The maximum Gasteiger partial charge on any atom is 0.254 e. The highest BCUT2D eigenvalue weighted by Gasteiger charge is 2.44. The molecule has 0 saturated carbocycles. The number of hydrogen-bond donors (Lipinski definition) is 1. The Labute approximate surface area is 194 Å². The van der Waals surface area contributed by atoms with Crippen molar-refractivity contribution in [1.82, 2.24) is 10.2 Å². The number of anilines is 1. The van der Waals surface area contributed by atoms with Gasteiger partial charge >= 0.3 is 0 Å². The van der Waals surface area contributed by atoms with Gasteiger partial charge in [-0.1, -0.05) is 42.8 Å². The summed E-state index contributed by atoms with van der Waals surface area (Å²) in [5, 5.41) is 3.21. The molecule has 0 aromatic heterocycles. The summed E-state index contributed by atoms with van der Waals surface area (Å²) in [5.74, 6) is 0.198. The Balaban J connectivity index is 1.46. The number of carbonyl (C=O) groups is 3. The minimum Gasteiger partial charge on any atom is -0.351 e. The zero-order valence-corrected chi connectivity index (χ0v) is 18.9. The molecule has 5 rings (SSSR count). The quantitative estimate of drug-likeness (QED) is 0.780. The first-order chi connectivity index (χ1) is 16.1. The zero-order valence-electron chi connectivity index (χ0n) is 18.9. The van der Waals surface area contributed by atoms with E-state index in [1.54, 1.807) is 4.90 Å². The minimum atomic E-state index is -0.0150. The molecule has 172 valence electrons. The van der Waals surface area contributed by atoms with Crippen LogP contribution in [-0.2, 0) is 16.0 Å². The van der Waals surface area contributed by atoms with Gasteiger partial charge in [-0.15, -0.1) is 0 Å². The van der Waals surface area contributed by atoms with E-state index >= 15 is 0 Å². The summed E-state index contributed by atoms with van der Waals surface area (Å²) in [4.78, 5) is 42.4. The first-order valence-corrected chi connectivity index (χ1v) is 12.2. The zero-order chi connectivity index (χ0) is 22.8. The predicted molar refractivity (Wildman–Crippen MR) is 127 cm³/mol. The lowest BCUT2D eigenvalue weighted by Gasteiger charge is -2.33. The average molecular weight is 446 g/mol. The van der Waals surface area contributed by atoms with Crippen LogP contribution >= 0.6 is 0 Å². The van der Waals surface area contributed by atoms with E-state index < -0.39 is 0 Å². The van der Waals surface area contributed by atoms with Crippen molar-refractivity contribution in [1.29, 1.82) is 0 Å². The van der Waals surface area contributed by atoms with Crippen LogP contribution in [-0.4, -0.2) is 47.3 Å². The Bertz CT molecular complexity index is 1040. The summed E-state index contributed by atoms with van der Waals surface area (Å²) in [7, 11) is 0. The van der Waals surface area contributed by atoms with E-state index in [1.165, 1.54) is 5.56 Å². The van der Waals surface area contributed by atoms with E-state index in [9.17, 15) is 14.4 Å². The van der Waals surface area contributed by atoms with Gasteiger partial charge in [0.15, 0.2) is 0 Å². The van der Waals surface area contributed by atoms with E-state index in [0.29, 0.717) is 24.9 Å². The van der Waals surface area contributed by atoms with Crippen molar-refractivity contribution in [2.45, 2.75) is 69.5 Å². The molecule has 0 aliphatic carbocycles. The molecule has 3 saturated heterocycles. The molecule has 0 bridgehead atoms. The molecule has 33 heavy (non-hydrogen) atoms. The number of nitrogens with one attached hydrogen (secondary N) is 1. The third kappa shape index (κ3) is 4.52. The van der Waals surface area contributed by atoms with Gasteiger partial charge in [-0.05, 0) is 55.9 Å². The number of rotatable bonds is 4. The highest BCUT2D eigenvalue weighted by Crippen LogP contribution is 2.34. The van der Waals surface area contributed by atoms with Gasteiger partial charge in [0, 0.05) is 36.7 Å². The summed E-state index contributed by atoms with van der Waals surface area (Å²) in [6.45, 7) is 0.702. The first-order valence-electron chi connectivity index (χ1n) is 12.2. The van der Waals surface area contributed by atoms with Gasteiger partial charge in [0.1, 0.15) is 0 Å². The molecule has 0 unspecified atom stereocenters. The smallest absolute Gasteiger partial charge is 0.254 e. The molecular formula is C27H31N3O3. The van der Waals surface area contributed by atoms with Crippen molar-refractivity contribution >= 4 is 23.4 Å². The highest BCUT2D eigenvalue weighted by atomic mass is 16.2. The van der Waals surface area contributed by atoms with Crippen LogP contribution in [0.3, 0.4) is 0 Å². The molecule has 2 aromatic carbocycles. The molecule has 3 fully saturated rings. The van der Waals surface area contributed by atoms with Crippen molar-refractivity contribution < 1.29 is 14.4 Å². The number of carbonyl (C=O) groups excluding carboxylic acids is 3. The Hall–Kier alpha value is -3.15. The first kappa shape index (κ1) is 21.7. The number of benzene rings is 2. The van der Waals surface area contributed by atoms with Crippen molar-refractivity contribution in [3.05, 3.63) is 65.7 Å². The van der Waals surface area contributed by atoms with Crippen LogP contribution in [0.1, 0.15) is 60.9 Å². The topological polar surface area (TPSA) is 69.7 Å². The number of hydrogen-bond acceptors (Lipinski definition) is 3. The second-order valence-corrected chi connectivity index (χ2v) is 9.48. The normalized spacial score (nSPS) is 25.4.